The molecule has 0 unspecified atom stereocenters. The van der Waals surface area contributed by atoms with Gasteiger partial charge in [-0.15, -0.1) is 0 Å². The van der Waals surface area contributed by atoms with Crippen LogP contribution in [0.4, 0.5) is 26.3 Å². The molecule has 0 fully saturated rings. The maximum atomic E-state index is 10.7. The van der Waals surface area contributed by atoms with Crippen LogP contribution in [-0.2, 0) is 26.7 Å². The molecular weight excluding hydrogens is 706 g/mol. The lowest BCUT2D eigenvalue weighted by atomic mass is 10.1. The van der Waals surface area contributed by atoms with Crippen molar-refractivity contribution in [3.05, 3.63) is 26.6 Å². The normalized spacial score (nSPS) is 13.2. The predicted octanol–water partition coefficient (Wildman–Crippen LogP) is 4.04. The molecule has 1 rings (SSSR count). The number of halogens is 8. The molecular formula is C19H30Br2F6N2O7S2. The van der Waals surface area contributed by atoms with Crippen molar-refractivity contribution >= 4 is 52.1 Å². The van der Waals surface area contributed by atoms with Gasteiger partial charge in [0, 0.05) is 12.8 Å². The highest BCUT2D eigenvalue weighted by Crippen LogP contribution is 2.35. The zero-order valence-electron chi connectivity index (χ0n) is 21.3. The fourth-order valence-corrected chi connectivity index (χ4v) is 3.58. The van der Waals surface area contributed by atoms with Crippen LogP contribution in [0.2, 0.25) is 0 Å². The number of rotatable bonds is 8. The topological polar surface area (TPSA) is 124 Å². The molecule has 0 atom stereocenters. The average Bonchev–Trinajstić information content (AvgIpc) is 2.61. The fourth-order valence-electron chi connectivity index (χ4n) is 2.07. The third-order valence-electron chi connectivity index (χ3n) is 3.92. The summed E-state index contributed by atoms with van der Waals surface area (Å²) >= 11 is 7.29. The van der Waals surface area contributed by atoms with E-state index in [0.717, 1.165) is 56.2 Å². The third-order valence-corrected chi connectivity index (χ3v) is 6.23. The molecule has 0 amide bonds. The minimum absolute atomic E-state index is 0.741. The molecule has 226 valence electrons. The summed E-state index contributed by atoms with van der Waals surface area (Å²) in [4.78, 5) is 0. The Bertz CT molecular complexity index is 1040. The van der Waals surface area contributed by atoms with Gasteiger partial charge >= 0.3 is 11.0 Å². The maximum absolute atomic E-state index is 10.7. The lowest BCUT2D eigenvalue weighted by Crippen LogP contribution is -2.36. The van der Waals surface area contributed by atoms with Crippen LogP contribution in [0.3, 0.4) is 0 Å². The van der Waals surface area contributed by atoms with E-state index in [0.29, 0.717) is 0 Å². The first-order chi connectivity index (χ1) is 16.5. The molecule has 0 aliphatic carbocycles. The molecule has 9 nitrogen and oxygen atoms in total. The van der Waals surface area contributed by atoms with Crippen molar-refractivity contribution in [3.63, 3.8) is 0 Å². The number of benzene rings is 1. The lowest BCUT2D eigenvalue weighted by Gasteiger charge is -2.24. The Labute approximate surface area is 235 Å². The summed E-state index contributed by atoms with van der Waals surface area (Å²) in [7, 11) is 1.08. The predicted molar refractivity (Wildman–Crippen MR) is 133 cm³/mol. The molecule has 0 radical (unpaired) electrons. The first-order valence-corrected chi connectivity index (χ1v) is 14.6. The SMILES string of the molecule is C[N+](C)(C)CCCOc1c(Br)cc(CC[N+](C)(C)C)cc1Br.O=S(=O)([O-])C(F)(F)F.O=S(=O)([O-])C(F)(F)F. The Morgan fingerprint density at radius 2 is 1.08 bits per heavy atom. The van der Waals surface area contributed by atoms with Gasteiger partial charge in [0.15, 0.2) is 20.2 Å². The summed E-state index contributed by atoms with van der Waals surface area (Å²) in [6.45, 7) is 2.96. The molecule has 0 aliphatic heterocycles. The molecule has 1 aromatic rings. The van der Waals surface area contributed by atoms with Crippen LogP contribution in [-0.4, -0.2) is 108 Å². The van der Waals surface area contributed by atoms with Crippen molar-refractivity contribution < 1.29 is 66.0 Å². The molecule has 0 aromatic heterocycles. The molecule has 19 heteroatoms. The Balaban J connectivity index is 0. The van der Waals surface area contributed by atoms with Gasteiger partial charge in [-0.25, -0.2) is 16.8 Å². The van der Waals surface area contributed by atoms with Gasteiger partial charge in [-0.05, 0) is 49.6 Å². The van der Waals surface area contributed by atoms with Gasteiger partial charge in [-0.1, -0.05) is 0 Å². The zero-order valence-corrected chi connectivity index (χ0v) is 26.1. The zero-order chi connectivity index (χ0) is 31.0. The Hall–Kier alpha value is -0.700. The summed E-state index contributed by atoms with van der Waals surface area (Å²) in [6, 6.07) is 4.35. The summed E-state index contributed by atoms with van der Waals surface area (Å²) < 4.78 is 128. The quantitative estimate of drug-likeness (QED) is 0.130. The maximum Gasteiger partial charge on any atom is 0.485 e. The van der Waals surface area contributed by atoms with Gasteiger partial charge in [0.05, 0.1) is 70.9 Å². The standard InChI is InChI=1S/C17H30Br2N2O.2CHF3O3S/c1-20(2,3)9-7-11-22-17-15(18)12-14(13-16(17)19)8-10-21(4,5)6;2*2-1(3,4)8(5,6)7/h12-13H,7-11H2,1-6H3;2*(H,5,6,7)/q+2;;/p-2. The van der Waals surface area contributed by atoms with Gasteiger partial charge in [-0.3, -0.25) is 0 Å². The summed E-state index contributed by atoms with van der Waals surface area (Å²) in [6.07, 6.45) is 2.11. The summed E-state index contributed by atoms with van der Waals surface area (Å²) in [5.74, 6) is 0.912. The highest BCUT2D eigenvalue weighted by molar-refractivity contribution is 9.11. The number of ether oxygens (including phenoxy) is 1. The number of likely N-dealkylation sites (N-methyl/N-ethyl adjacent to an activating group) is 1. The van der Waals surface area contributed by atoms with Crippen LogP contribution in [0.5, 0.6) is 5.75 Å². The molecule has 0 heterocycles. The van der Waals surface area contributed by atoms with Crippen molar-refractivity contribution in [1.29, 1.82) is 0 Å². The van der Waals surface area contributed by atoms with Crippen molar-refractivity contribution in [2.45, 2.75) is 23.9 Å². The van der Waals surface area contributed by atoms with E-state index >= 15 is 0 Å². The second-order valence-electron chi connectivity index (χ2n) is 9.67. The third kappa shape index (κ3) is 18.6. The Kier molecular flexibility index (Phi) is 15.4. The van der Waals surface area contributed by atoms with Gasteiger partial charge < -0.3 is 22.8 Å². The number of hydrogen-bond acceptors (Lipinski definition) is 7. The lowest BCUT2D eigenvalue weighted by molar-refractivity contribution is -0.870. The van der Waals surface area contributed by atoms with Gasteiger partial charge in [0.25, 0.3) is 0 Å². The first kappa shape index (κ1) is 39.4. The summed E-state index contributed by atoms with van der Waals surface area (Å²) in [5, 5.41) is 0. The fraction of sp³-hybridized carbons (Fsp3) is 0.684. The van der Waals surface area contributed by atoms with Crippen molar-refractivity contribution in [1.82, 2.24) is 0 Å². The van der Waals surface area contributed by atoms with E-state index in [9.17, 15) is 26.3 Å². The largest absolute Gasteiger partial charge is 0.741 e. The van der Waals surface area contributed by atoms with Crippen LogP contribution < -0.4 is 4.74 Å². The van der Waals surface area contributed by atoms with Crippen molar-refractivity contribution in [3.8, 4) is 5.75 Å². The molecule has 0 bridgehead atoms. The molecule has 38 heavy (non-hydrogen) atoms. The van der Waals surface area contributed by atoms with Gasteiger partial charge in [0.2, 0.25) is 0 Å². The van der Waals surface area contributed by atoms with E-state index in [4.69, 9.17) is 30.7 Å². The van der Waals surface area contributed by atoms with Crippen molar-refractivity contribution in [2.75, 3.05) is 62.0 Å². The van der Waals surface area contributed by atoms with E-state index in [2.05, 4.69) is 86.3 Å². The van der Waals surface area contributed by atoms with Crippen LogP contribution >= 0.6 is 31.9 Å². The van der Waals surface area contributed by atoms with Crippen LogP contribution in [0, 0.1) is 0 Å². The molecule has 0 aliphatic rings. The highest BCUT2D eigenvalue weighted by Gasteiger charge is 2.37. The highest BCUT2D eigenvalue weighted by atomic mass is 79.9. The van der Waals surface area contributed by atoms with E-state index < -0.39 is 31.3 Å². The summed E-state index contributed by atoms with van der Waals surface area (Å²) in [5.41, 5.74) is -9.97. The van der Waals surface area contributed by atoms with Crippen LogP contribution in [0.1, 0.15) is 12.0 Å². The minimum atomic E-state index is -6.09. The number of alkyl halides is 6. The van der Waals surface area contributed by atoms with Gasteiger partial charge in [-0.2, -0.15) is 26.3 Å². The monoisotopic (exact) mass is 734 g/mol. The van der Waals surface area contributed by atoms with E-state index in [1.54, 1.807) is 0 Å². The molecule has 0 N–H and O–H groups in total. The van der Waals surface area contributed by atoms with E-state index in [-0.39, 0.29) is 0 Å². The average molecular weight is 736 g/mol. The number of quaternary nitrogens is 2. The molecule has 0 saturated carbocycles. The number of nitrogens with zero attached hydrogens (tertiary/aromatic N) is 2. The second-order valence-corrected chi connectivity index (χ2v) is 14.1. The Morgan fingerprint density at radius 3 is 1.34 bits per heavy atom. The van der Waals surface area contributed by atoms with Gasteiger partial charge in [0.1, 0.15) is 5.75 Å². The van der Waals surface area contributed by atoms with E-state index in [1.807, 2.05) is 0 Å². The molecule has 0 spiro atoms. The molecule has 1 aromatic carbocycles. The minimum Gasteiger partial charge on any atom is -0.741 e. The van der Waals surface area contributed by atoms with Crippen LogP contribution in [0.25, 0.3) is 0 Å². The number of hydrogen-bond donors (Lipinski definition) is 0. The molecule has 0 saturated heterocycles. The van der Waals surface area contributed by atoms with Crippen LogP contribution in [0.15, 0.2) is 21.1 Å². The van der Waals surface area contributed by atoms with Crippen molar-refractivity contribution in [2.24, 2.45) is 0 Å². The first-order valence-electron chi connectivity index (χ1n) is 10.2. The Morgan fingerprint density at radius 1 is 0.763 bits per heavy atom. The second kappa shape index (κ2) is 14.8. The smallest absolute Gasteiger partial charge is 0.485 e. The van der Waals surface area contributed by atoms with E-state index in [1.165, 1.54) is 5.56 Å².